The SMILES string of the molecule is CCCC(C)(CC[C@]1(C)[C@@H](C)CC[C@@H]2[C@@]3(C)CC[C@H](OC(C)=O)C(C)(C)[C@@H]3CC[C@]21C)OC. The Hall–Kier alpha value is -0.570. The van der Waals surface area contributed by atoms with Gasteiger partial charge in [-0.1, -0.05) is 54.9 Å². The molecule has 3 rings (SSSR count). The molecule has 0 heterocycles. The van der Waals surface area contributed by atoms with Gasteiger partial charge in [-0.25, -0.2) is 0 Å². The molecule has 1 unspecified atom stereocenters. The summed E-state index contributed by atoms with van der Waals surface area (Å²) < 4.78 is 11.9. The fourth-order valence-corrected chi connectivity index (χ4v) is 9.48. The third-order valence-electron chi connectivity index (χ3n) is 12.0. The molecule has 192 valence electrons. The average molecular weight is 463 g/mol. The van der Waals surface area contributed by atoms with Gasteiger partial charge in [0.05, 0.1) is 5.60 Å². The predicted octanol–water partition coefficient (Wildman–Crippen LogP) is 8.20. The molecule has 8 atom stereocenters. The highest BCUT2D eigenvalue weighted by atomic mass is 16.5. The Kier molecular flexibility index (Phi) is 7.48. The second kappa shape index (κ2) is 9.14. The minimum Gasteiger partial charge on any atom is -0.462 e. The van der Waals surface area contributed by atoms with Gasteiger partial charge in [0.15, 0.2) is 0 Å². The van der Waals surface area contributed by atoms with Crippen molar-refractivity contribution in [3.05, 3.63) is 0 Å². The first kappa shape index (κ1) is 27.0. The molecule has 3 aliphatic carbocycles. The average Bonchev–Trinajstić information content (AvgIpc) is 2.72. The van der Waals surface area contributed by atoms with Crippen LogP contribution in [0.4, 0.5) is 0 Å². The molecule has 0 radical (unpaired) electrons. The maximum atomic E-state index is 11.8. The van der Waals surface area contributed by atoms with Crippen molar-refractivity contribution in [3.63, 3.8) is 0 Å². The Bertz CT molecular complexity index is 715. The summed E-state index contributed by atoms with van der Waals surface area (Å²) in [5, 5.41) is 0. The number of rotatable bonds is 7. The Morgan fingerprint density at radius 3 is 2.21 bits per heavy atom. The Labute approximate surface area is 205 Å². The lowest BCUT2D eigenvalue weighted by Crippen LogP contribution is -2.64. The first-order chi connectivity index (χ1) is 15.2. The van der Waals surface area contributed by atoms with Gasteiger partial charge in [-0.15, -0.1) is 0 Å². The van der Waals surface area contributed by atoms with Crippen LogP contribution >= 0.6 is 0 Å². The highest BCUT2D eigenvalue weighted by Crippen LogP contribution is 2.73. The zero-order chi connectivity index (χ0) is 24.9. The largest absolute Gasteiger partial charge is 0.462 e. The van der Waals surface area contributed by atoms with E-state index in [-0.39, 0.29) is 23.1 Å². The van der Waals surface area contributed by atoms with Crippen molar-refractivity contribution in [3.8, 4) is 0 Å². The monoisotopic (exact) mass is 462 g/mol. The van der Waals surface area contributed by atoms with Gasteiger partial charge in [-0.3, -0.25) is 4.79 Å². The van der Waals surface area contributed by atoms with Gasteiger partial charge in [-0.2, -0.15) is 0 Å². The number of carbonyl (C=O) groups is 1. The van der Waals surface area contributed by atoms with E-state index in [1.807, 2.05) is 7.11 Å². The second-order valence-corrected chi connectivity index (χ2v) is 13.8. The third kappa shape index (κ3) is 4.31. The molecule has 33 heavy (non-hydrogen) atoms. The van der Waals surface area contributed by atoms with E-state index in [1.54, 1.807) is 6.92 Å². The van der Waals surface area contributed by atoms with Crippen molar-refractivity contribution in [2.45, 2.75) is 138 Å². The molecular formula is C30H54O3. The maximum Gasteiger partial charge on any atom is 0.302 e. The standard InChI is InChI=1S/C30H54O3/c1-11-16-27(6,32-10)19-20-29(8)21(2)12-13-24-28(7)17-15-25(33-22(3)31)26(4,5)23(28)14-18-30(24,29)9/h21,23-25H,11-20H2,1-10H3/t21-,23-,24+,25-,27?,28-,29+,30+/m0/s1. The summed E-state index contributed by atoms with van der Waals surface area (Å²) in [7, 11) is 1.91. The minimum absolute atomic E-state index is 0.00797. The molecule has 0 saturated heterocycles. The molecule has 0 spiro atoms. The van der Waals surface area contributed by atoms with Gasteiger partial charge in [-0.05, 0) is 98.7 Å². The van der Waals surface area contributed by atoms with Crippen LogP contribution < -0.4 is 0 Å². The molecule has 3 heteroatoms. The Morgan fingerprint density at radius 2 is 1.64 bits per heavy atom. The summed E-state index contributed by atoms with van der Waals surface area (Å²) >= 11 is 0. The van der Waals surface area contributed by atoms with E-state index in [4.69, 9.17) is 9.47 Å². The summed E-state index contributed by atoms with van der Waals surface area (Å²) in [6.07, 6.45) is 12.2. The van der Waals surface area contributed by atoms with Crippen molar-refractivity contribution in [1.82, 2.24) is 0 Å². The summed E-state index contributed by atoms with van der Waals surface area (Å²) in [6.45, 7) is 21.4. The number of esters is 1. The Morgan fingerprint density at radius 1 is 0.970 bits per heavy atom. The van der Waals surface area contributed by atoms with Crippen molar-refractivity contribution < 1.29 is 14.3 Å². The van der Waals surface area contributed by atoms with E-state index >= 15 is 0 Å². The number of ether oxygens (including phenoxy) is 2. The Balaban J connectivity index is 1.92. The molecule has 0 aromatic rings. The van der Waals surface area contributed by atoms with E-state index in [0.29, 0.717) is 22.2 Å². The molecule has 0 aromatic heterocycles. The number of fused-ring (bicyclic) bond motifs is 3. The topological polar surface area (TPSA) is 35.5 Å². The van der Waals surface area contributed by atoms with Crippen molar-refractivity contribution in [2.24, 2.45) is 39.4 Å². The molecule has 0 amide bonds. The minimum atomic E-state index is -0.121. The molecule has 0 N–H and O–H groups in total. The molecular weight excluding hydrogens is 408 g/mol. The summed E-state index contributed by atoms with van der Waals surface area (Å²) in [6, 6.07) is 0. The van der Waals surface area contributed by atoms with E-state index in [2.05, 4.69) is 55.4 Å². The van der Waals surface area contributed by atoms with E-state index in [0.717, 1.165) is 31.1 Å². The summed E-state index contributed by atoms with van der Waals surface area (Å²) in [4.78, 5) is 11.8. The fourth-order valence-electron chi connectivity index (χ4n) is 9.48. The lowest BCUT2D eigenvalue weighted by Gasteiger charge is -2.70. The first-order valence-corrected chi connectivity index (χ1v) is 13.9. The van der Waals surface area contributed by atoms with Gasteiger partial charge < -0.3 is 9.47 Å². The van der Waals surface area contributed by atoms with Crippen LogP contribution in [-0.4, -0.2) is 24.8 Å². The van der Waals surface area contributed by atoms with Crippen LogP contribution in [0.1, 0.15) is 127 Å². The van der Waals surface area contributed by atoms with Gasteiger partial charge in [0, 0.05) is 19.4 Å². The second-order valence-electron chi connectivity index (χ2n) is 13.8. The first-order valence-electron chi connectivity index (χ1n) is 13.9. The molecule has 3 nitrogen and oxygen atoms in total. The van der Waals surface area contributed by atoms with Crippen molar-refractivity contribution in [2.75, 3.05) is 7.11 Å². The van der Waals surface area contributed by atoms with E-state index in [9.17, 15) is 4.79 Å². The molecule has 3 aliphatic rings. The zero-order valence-electron chi connectivity index (χ0n) is 23.6. The highest BCUT2D eigenvalue weighted by Gasteiger charge is 2.66. The number of carbonyl (C=O) groups excluding carboxylic acids is 1. The van der Waals surface area contributed by atoms with Crippen LogP contribution in [0, 0.1) is 39.4 Å². The third-order valence-corrected chi connectivity index (χ3v) is 12.0. The van der Waals surface area contributed by atoms with Crippen LogP contribution in [0.5, 0.6) is 0 Å². The normalized spacial score (nSPS) is 44.3. The lowest BCUT2D eigenvalue weighted by molar-refractivity contribution is -0.230. The lowest BCUT2D eigenvalue weighted by atomic mass is 9.35. The fraction of sp³-hybridized carbons (Fsp3) is 0.967. The smallest absolute Gasteiger partial charge is 0.302 e. The molecule has 3 fully saturated rings. The van der Waals surface area contributed by atoms with Gasteiger partial charge in [0.25, 0.3) is 0 Å². The predicted molar refractivity (Wildman–Crippen MR) is 137 cm³/mol. The molecule has 3 saturated carbocycles. The summed E-state index contributed by atoms with van der Waals surface area (Å²) in [5.74, 6) is 1.97. The van der Waals surface area contributed by atoms with E-state index < -0.39 is 0 Å². The van der Waals surface area contributed by atoms with Gasteiger partial charge >= 0.3 is 5.97 Å². The molecule has 0 bridgehead atoms. The van der Waals surface area contributed by atoms with Crippen LogP contribution in [0.3, 0.4) is 0 Å². The summed E-state index contributed by atoms with van der Waals surface area (Å²) in [5.41, 5.74) is 1.03. The maximum absolute atomic E-state index is 11.8. The van der Waals surface area contributed by atoms with Gasteiger partial charge in [0.1, 0.15) is 6.10 Å². The number of hydrogen-bond donors (Lipinski definition) is 0. The van der Waals surface area contributed by atoms with Gasteiger partial charge in [0.2, 0.25) is 0 Å². The molecule has 0 aromatic carbocycles. The number of methoxy groups -OCH3 is 1. The highest BCUT2D eigenvalue weighted by molar-refractivity contribution is 5.66. The zero-order valence-corrected chi connectivity index (χ0v) is 23.6. The quantitative estimate of drug-likeness (QED) is 0.358. The van der Waals surface area contributed by atoms with Crippen molar-refractivity contribution in [1.29, 1.82) is 0 Å². The van der Waals surface area contributed by atoms with Crippen molar-refractivity contribution >= 4 is 5.97 Å². The van der Waals surface area contributed by atoms with Crippen LogP contribution in [-0.2, 0) is 14.3 Å². The van der Waals surface area contributed by atoms with Crippen LogP contribution in [0.25, 0.3) is 0 Å². The van der Waals surface area contributed by atoms with E-state index in [1.165, 1.54) is 44.9 Å². The molecule has 0 aliphatic heterocycles. The number of hydrogen-bond acceptors (Lipinski definition) is 3. The van der Waals surface area contributed by atoms with Crippen LogP contribution in [0.2, 0.25) is 0 Å². The van der Waals surface area contributed by atoms with Crippen LogP contribution in [0.15, 0.2) is 0 Å².